The fraction of sp³-hybridized carbons (Fsp3) is 0.583. The smallest absolute Gasteiger partial charge is 0.193 e. The second-order valence-electron chi connectivity index (χ2n) is 8.84. The third kappa shape index (κ3) is 7.49. The molecule has 1 aromatic carbocycles. The average Bonchev–Trinajstić information content (AvgIpc) is 3.34. The lowest BCUT2D eigenvalue weighted by Gasteiger charge is -2.24. The summed E-state index contributed by atoms with van der Waals surface area (Å²) in [6.45, 7) is 9.69. The SMILES string of the molecule is CN=C(NCC1CCN(CCc2ccccc2)C1)N(C)Cc1cn(C)nc1C(C)C.I. The van der Waals surface area contributed by atoms with Gasteiger partial charge >= 0.3 is 0 Å². The number of guanidine groups is 1. The summed E-state index contributed by atoms with van der Waals surface area (Å²) in [6, 6.07) is 10.8. The quantitative estimate of drug-likeness (QED) is 0.316. The second kappa shape index (κ2) is 12.4. The summed E-state index contributed by atoms with van der Waals surface area (Å²) in [4.78, 5) is 9.31. The highest BCUT2D eigenvalue weighted by Crippen LogP contribution is 2.19. The maximum absolute atomic E-state index is 4.63. The molecule has 1 N–H and O–H groups in total. The Labute approximate surface area is 205 Å². The molecule has 7 heteroatoms. The number of aryl methyl sites for hydroxylation is 1. The fourth-order valence-corrected chi connectivity index (χ4v) is 4.33. The van der Waals surface area contributed by atoms with Crippen molar-refractivity contribution in [2.24, 2.45) is 18.0 Å². The Morgan fingerprint density at radius 1 is 1.29 bits per heavy atom. The van der Waals surface area contributed by atoms with E-state index in [9.17, 15) is 0 Å². The molecule has 2 heterocycles. The van der Waals surface area contributed by atoms with Crippen LogP contribution in [0.4, 0.5) is 0 Å². The fourth-order valence-electron chi connectivity index (χ4n) is 4.33. The van der Waals surface area contributed by atoms with Crippen molar-refractivity contribution in [2.45, 2.75) is 39.2 Å². The number of hydrogen-bond donors (Lipinski definition) is 1. The molecule has 3 rings (SSSR count). The molecule has 1 atom stereocenters. The minimum Gasteiger partial charge on any atom is -0.356 e. The minimum atomic E-state index is 0. The molecule has 6 nitrogen and oxygen atoms in total. The van der Waals surface area contributed by atoms with Crippen molar-refractivity contribution in [1.29, 1.82) is 0 Å². The Hall–Kier alpha value is -1.61. The molecule has 1 aliphatic heterocycles. The summed E-state index contributed by atoms with van der Waals surface area (Å²) >= 11 is 0. The molecule has 0 bridgehead atoms. The molecule has 0 aliphatic carbocycles. The highest BCUT2D eigenvalue weighted by molar-refractivity contribution is 14.0. The first-order valence-corrected chi connectivity index (χ1v) is 11.2. The van der Waals surface area contributed by atoms with Crippen molar-refractivity contribution < 1.29 is 0 Å². The number of likely N-dealkylation sites (tertiary alicyclic amines) is 1. The van der Waals surface area contributed by atoms with Crippen LogP contribution < -0.4 is 5.32 Å². The molecule has 31 heavy (non-hydrogen) atoms. The molecular formula is C24H39IN6. The van der Waals surface area contributed by atoms with Crippen molar-refractivity contribution >= 4 is 29.9 Å². The molecule has 1 aromatic heterocycles. The van der Waals surface area contributed by atoms with Gasteiger partial charge in [0.1, 0.15) is 0 Å². The maximum atomic E-state index is 4.63. The van der Waals surface area contributed by atoms with Gasteiger partial charge in [0.05, 0.1) is 5.69 Å². The lowest BCUT2D eigenvalue weighted by Crippen LogP contribution is -2.41. The van der Waals surface area contributed by atoms with Crippen LogP contribution in [0.1, 0.15) is 43.0 Å². The minimum absolute atomic E-state index is 0. The topological polar surface area (TPSA) is 48.7 Å². The Balaban J connectivity index is 0.00000341. The Bertz CT molecular complexity index is 817. The summed E-state index contributed by atoms with van der Waals surface area (Å²) in [6.07, 6.45) is 4.51. The van der Waals surface area contributed by atoms with E-state index < -0.39 is 0 Å². The van der Waals surface area contributed by atoms with E-state index in [4.69, 9.17) is 0 Å². The number of aliphatic imine (C=N–C) groups is 1. The molecule has 172 valence electrons. The number of halogens is 1. The van der Waals surface area contributed by atoms with Gasteiger partial charge in [0.15, 0.2) is 5.96 Å². The monoisotopic (exact) mass is 538 g/mol. The molecule has 0 radical (unpaired) electrons. The first-order chi connectivity index (χ1) is 14.5. The third-order valence-corrected chi connectivity index (χ3v) is 5.94. The van der Waals surface area contributed by atoms with Crippen molar-refractivity contribution in [3.05, 3.63) is 53.3 Å². The number of nitrogens with zero attached hydrogens (tertiary/aromatic N) is 5. The Morgan fingerprint density at radius 3 is 2.71 bits per heavy atom. The van der Waals surface area contributed by atoms with Gasteiger partial charge < -0.3 is 15.1 Å². The van der Waals surface area contributed by atoms with Crippen LogP contribution in [0.15, 0.2) is 41.5 Å². The van der Waals surface area contributed by atoms with Crippen LogP contribution in [0.25, 0.3) is 0 Å². The van der Waals surface area contributed by atoms with Crippen molar-refractivity contribution in [3.63, 3.8) is 0 Å². The zero-order valence-corrected chi connectivity index (χ0v) is 22.0. The predicted molar refractivity (Wildman–Crippen MR) is 140 cm³/mol. The summed E-state index contributed by atoms with van der Waals surface area (Å²) in [7, 11) is 5.96. The van der Waals surface area contributed by atoms with Gasteiger partial charge in [-0.1, -0.05) is 44.2 Å². The van der Waals surface area contributed by atoms with Gasteiger partial charge in [-0.2, -0.15) is 5.10 Å². The van der Waals surface area contributed by atoms with Crippen molar-refractivity contribution in [1.82, 2.24) is 24.9 Å². The molecule has 0 amide bonds. The molecule has 1 aliphatic rings. The largest absolute Gasteiger partial charge is 0.356 e. The van der Waals surface area contributed by atoms with Crippen molar-refractivity contribution in [2.75, 3.05) is 40.3 Å². The van der Waals surface area contributed by atoms with Gasteiger partial charge in [0, 0.05) is 59.1 Å². The maximum Gasteiger partial charge on any atom is 0.193 e. The lowest BCUT2D eigenvalue weighted by atomic mass is 10.1. The van der Waals surface area contributed by atoms with Crippen molar-refractivity contribution in [3.8, 4) is 0 Å². The number of rotatable bonds is 8. The molecular weight excluding hydrogens is 499 g/mol. The van der Waals surface area contributed by atoms with E-state index in [0.717, 1.165) is 32.0 Å². The highest BCUT2D eigenvalue weighted by Gasteiger charge is 2.23. The van der Waals surface area contributed by atoms with Crippen LogP contribution in [-0.2, 0) is 20.0 Å². The van der Waals surface area contributed by atoms with Gasteiger partial charge in [0.25, 0.3) is 0 Å². The summed E-state index contributed by atoms with van der Waals surface area (Å²) in [5.74, 6) is 2.05. The van der Waals surface area contributed by atoms with E-state index in [0.29, 0.717) is 11.8 Å². The number of aromatic nitrogens is 2. The normalized spacial score (nSPS) is 17.1. The first-order valence-electron chi connectivity index (χ1n) is 11.2. The molecule has 1 fully saturated rings. The van der Waals surface area contributed by atoms with Crippen LogP contribution in [0.3, 0.4) is 0 Å². The van der Waals surface area contributed by atoms with Gasteiger partial charge in [-0.05, 0) is 36.8 Å². The highest BCUT2D eigenvalue weighted by atomic mass is 127. The first kappa shape index (κ1) is 25.6. The average molecular weight is 539 g/mol. The van der Waals surface area contributed by atoms with E-state index in [1.165, 1.54) is 36.3 Å². The van der Waals surface area contributed by atoms with Gasteiger partial charge in [-0.3, -0.25) is 9.67 Å². The summed E-state index contributed by atoms with van der Waals surface area (Å²) < 4.78 is 1.91. The van der Waals surface area contributed by atoms with Crippen LogP contribution in [-0.4, -0.2) is 65.8 Å². The van der Waals surface area contributed by atoms with Crippen LogP contribution >= 0.6 is 24.0 Å². The predicted octanol–water partition coefficient (Wildman–Crippen LogP) is 3.73. The Morgan fingerprint density at radius 2 is 2.03 bits per heavy atom. The Kier molecular flexibility index (Phi) is 10.3. The van der Waals surface area contributed by atoms with Crippen LogP contribution in [0, 0.1) is 5.92 Å². The lowest BCUT2D eigenvalue weighted by molar-refractivity contribution is 0.327. The number of benzene rings is 1. The molecule has 0 saturated carbocycles. The zero-order valence-electron chi connectivity index (χ0n) is 19.7. The van der Waals surface area contributed by atoms with Crippen LogP contribution in [0.5, 0.6) is 0 Å². The van der Waals surface area contributed by atoms with Gasteiger partial charge in [-0.25, -0.2) is 0 Å². The van der Waals surface area contributed by atoms with E-state index in [1.807, 2.05) is 18.8 Å². The van der Waals surface area contributed by atoms with Crippen LogP contribution in [0.2, 0.25) is 0 Å². The standard InChI is InChI=1S/C24H38N6.HI/c1-19(2)23-22(18-29(5)27-23)17-28(4)24(25-3)26-15-21-12-14-30(16-21)13-11-20-9-7-6-8-10-20;/h6-10,18-19,21H,11-17H2,1-5H3,(H,25,26);1H. The molecule has 0 spiro atoms. The molecule has 1 unspecified atom stereocenters. The molecule has 1 saturated heterocycles. The second-order valence-corrected chi connectivity index (χ2v) is 8.84. The third-order valence-electron chi connectivity index (χ3n) is 5.94. The zero-order chi connectivity index (χ0) is 21.5. The van der Waals surface area contributed by atoms with Gasteiger partial charge in [0.2, 0.25) is 0 Å². The number of hydrogen-bond acceptors (Lipinski definition) is 3. The summed E-state index contributed by atoms with van der Waals surface area (Å²) in [5.41, 5.74) is 3.87. The van der Waals surface area contributed by atoms with E-state index in [-0.39, 0.29) is 24.0 Å². The van der Waals surface area contributed by atoms with E-state index in [2.05, 4.69) is 82.6 Å². The molecule has 2 aromatic rings. The van der Waals surface area contributed by atoms with Gasteiger partial charge in [-0.15, -0.1) is 24.0 Å². The summed E-state index contributed by atoms with van der Waals surface area (Å²) in [5, 5.41) is 8.23. The number of nitrogens with one attached hydrogen (secondary N) is 1. The van der Waals surface area contributed by atoms with E-state index in [1.54, 1.807) is 0 Å². The van der Waals surface area contributed by atoms with E-state index >= 15 is 0 Å².